The van der Waals surface area contributed by atoms with Crippen molar-refractivity contribution in [2.24, 2.45) is 0 Å². The minimum atomic E-state index is -0.312. The van der Waals surface area contributed by atoms with Crippen LogP contribution in [0, 0.1) is 5.41 Å². The number of hydrogen-bond donors (Lipinski definition) is 1. The van der Waals surface area contributed by atoms with Crippen LogP contribution in [0.1, 0.15) is 30.4 Å². The van der Waals surface area contributed by atoms with Crippen LogP contribution < -0.4 is 0 Å². The average molecular weight is 278 g/mol. The molecular weight excluding hydrogens is 256 g/mol. The fourth-order valence-electron chi connectivity index (χ4n) is 3.47. The molecular formula is C19H22N2. The molecule has 0 atom stereocenters. The van der Waals surface area contributed by atoms with Gasteiger partial charge in [-0.2, -0.15) is 0 Å². The van der Waals surface area contributed by atoms with Crippen molar-refractivity contribution < 1.29 is 0 Å². The first kappa shape index (κ1) is 13.9. The predicted molar refractivity (Wildman–Crippen MR) is 87.9 cm³/mol. The number of hydrogen-bond acceptors (Lipinski definition) is 1. The molecule has 108 valence electrons. The molecule has 2 aromatic carbocycles. The molecule has 2 heteroatoms. The number of amidine groups is 1. The minimum absolute atomic E-state index is 0.312. The average Bonchev–Trinajstić information content (AvgIpc) is 2.70. The molecule has 1 saturated heterocycles. The summed E-state index contributed by atoms with van der Waals surface area (Å²) in [5.41, 5.74) is 2.15. The van der Waals surface area contributed by atoms with Crippen LogP contribution in [0.15, 0.2) is 60.7 Å². The number of nitrogens with one attached hydrogen (secondary N) is 1. The van der Waals surface area contributed by atoms with Gasteiger partial charge < -0.3 is 4.90 Å². The first-order valence-corrected chi connectivity index (χ1v) is 7.66. The van der Waals surface area contributed by atoms with Gasteiger partial charge in [-0.3, -0.25) is 5.41 Å². The Bertz CT molecular complexity index is 564. The molecule has 1 fully saturated rings. The normalized spacial score (nSPS) is 18.3. The third kappa shape index (κ3) is 2.35. The molecule has 0 bridgehead atoms. The predicted octanol–water partition coefficient (Wildman–Crippen LogP) is 4.07. The number of rotatable bonds is 2. The summed E-state index contributed by atoms with van der Waals surface area (Å²) in [6.45, 7) is 0.972. The van der Waals surface area contributed by atoms with Gasteiger partial charge in [0.25, 0.3) is 0 Å². The fourth-order valence-corrected chi connectivity index (χ4v) is 3.47. The Balaban J connectivity index is 2.22. The van der Waals surface area contributed by atoms with Gasteiger partial charge in [-0.25, -0.2) is 0 Å². The molecule has 1 N–H and O–H groups in total. The van der Waals surface area contributed by atoms with E-state index in [1.54, 1.807) is 0 Å². The van der Waals surface area contributed by atoms with Gasteiger partial charge in [-0.15, -0.1) is 0 Å². The maximum absolute atomic E-state index is 8.84. The summed E-state index contributed by atoms with van der Waals surface area (Å²) in [5, 5.41) is 8.84. The standard InChI is InChI=1S/C19H22N2/c1-21-15-9-8-14-19(18(21)20,16-10-4-2-5-11-16)17-12-6-3-7-13-17/h2-7,10-13,20H,8-9,14-15H2,1H3. The summed E-state index contributed by atoms with van der Waals surface area (Å²) in [7, 11) is 2.05. The van der Waals surface area contributed by atoms with Gasteiger partial charge in [0.05, 0.1) is 5.41 Å². The molecule has 2 nitrogen and oxygen atoms in total. The Kier molecular flexibility index (Phi) is 3.78. The molecule has 0 aromatic heterocycles. The molecule has 1 aliphatic heterocycles. The molecule has 0 unspecified atom stereocenters. The molecule has 0 radical (unpaired) electrons. The van der Waals surface area contributed by atoms with Gasteiger partial charge in [-0.1, -0.05) is 67.1 Å². The van der Waals surface area contributed by atoms with Crippen molar-refractivity contribution in [1.82, 2.24) is 4.90 Å². The summed E-state index contributed by atoms with van der Waals surface area (Å²) in [6, 6.07) is 21.1. The van der Waals surface area contributed by atoms with Gasteiger partial charge in [0.2, 0.25) is 0 Å². The van der Waals surface area contributed by atoms with Crippen LogP contribution in [0.4, 0.5) is 0 Å². The van der Waals surface area contributed by atoms with Crippen molar-refractivity contribution in [2.45, 2.75) is 24.7 Å². The van der Waals surface area contributed by atoms with E-state index < -0.39 is 0 Å². The number of nitrogens with zero attached hydrogens (tertiary/aromatic N) is 1. The SMILES string of the molecule is CN1CCCCC(c2ccccc2)(c2ccccc2)C1=N. The summed E-state index contributed by atoms with van der Waals surface area (Å²) in [5.74, 6) is 0.720. The van der Waals surface area contributed by atoms with Crippen LogP contribution in [0.5, 0.6) is 0 Å². The maximum Gasteiger partial charge on any atom is 0.111 e. The van der Waals surface area contributed by atoms with E-state index in [-0.39, 0.29) is 5.41 Å². The van der Waals surface area contributed by atoms with Gasteiger partial charge in [0.15, 0.2) is 0 Å². The van der Waals surface area contributed by atoms with Crippen LogP contribution in [-0.2, 0) is 5.41 Å². The van der Waals surface area contributed by atoms with E-state index in [2.05, 4.69) is 53.4 Å². The highest BCUT2D eigenvalue weighted by molar-refractivity contribution is 5.94. The smallest absolute Gasteiger partial charge is 0.111 e. The third-order valence-corrected chi connectivity index (χ3v) is 4.61. The lowest BCUT2D eigenvalue weighted by Crippen LogP contribution is -2.44. The van der Waals surface area contributed by atoms with Crippen molar-refractivity contribution in [1.29, 1.82) is 5.41 Å². The quantitative estimate of drug-likeness (QED) is 0.881. The van der Waals surface area contributed by atoms with Gasteiger partial charge in [0, 0.05) is 13.6 Å². The Hall–Kier alpha value is -2.09. The molecule has 21 heavy (non-hydrogen) atoms. The molecule has 0 spiro atoms. The van der Waals surface area contributed by atoms with E-state index in [1.807, 2.05) is 19.2 Å². The topological polar surface area (TPSA) is 27.1 Å². The van der Waals surface area contributed by atoms with E-state index in [0.717, 1.165) is 31.6 Å². The van der Waals surface area contributed by atoms with E-state index >= 15 is 0 Å². The highest BCUT2D eigenvalue weighted by Gasteiger charge is 2.41. The maximum atomic E-state index is 8.84. The van der Waals surface area contributed by atoms with E-state index in [1.165, 1.54) is 11.1 Å². The molecule has 2 aromatic rings. The van der Waals surface area contributed by atoms with Crippen molar-refractivity contribution in [2.75, 3.05) is 13.6 Å². The highest BCUT2D eigenvalue weighted by Crippen LogP contribution is 2.40. The van der Waals surface area contributed by atoms with Crippen molar-refractivity contribution in [3.63, 3.8) is 0 Å². The second kappa shape index (κ2) is 5.72. The van der Waals surface area contributed by atoms with Gasteiger partial charge in [0.1, 0.15) is 5.84 Å². The van der Waals surface area contributed by atoms with Gasteiger partial charge in [-0.05, 0) is 24.0 Å². The van der Waals surface area contributed by atoms with Crippen LogP contribution in [-0.4, -0.2) is 24.3 Å². The lowest BCUT2D eigenvalue weighted by molar-refractivity contribution is 0.482. The van der Waals surface area contributed by atoms with E-state index in [9.17, 15) is 0 Å². The van der Waals surface area contributed by atoms with Crippen molar-refractivity contribution in [3.05, 3.63) is 71.8 Å². The minimum Gasteiger partial charge on any atom is -0.363 e. The van der Waals surface area contributed by atoms with Crippen LogP contribution in [0.2, 0.25) is 0 Å². The lowest BCUT2D eigenvalue weighted by Gasteiger charge is -2.37. The van der Waals surface area contributed by atoms with Gasteiger partial charge >= 0.3 is 0 Å². The number of likely N-dealkylation sites (tertiary alicyclic amines) is 1. The second-order valence-corrected chi connectivity index (χ2v) is 5.86. The summed E-state index contributed by atoms with van der Waals surface area (Å²) < 4.78 is 0. The highest BCUT2D eigenvalue weighted by atomic mass is 15.2. The summed E-state index contributed by atoms with van der Waals surface area (Å²) in [6.07, 6.45) is 3.31. The first-order valence-electron chi connectivity index (χ1n) is 7.66. The van der Waals surface area contributed by atoms with Crippen LogP contribution >= 0.6 is 0 Å². The Morgan fingerprint density at radius 2 is 1.38 bits per heavy atom. The van der Waals surface area contributed by atoms with E-state index in [0.29, 0.717) is 0 Å². The Labute approximate surface area is 126 Å². The Morgan fingerprint density at radius 1 is 0.857 bits per heavy atom. The molecule has 0 saturated carbocycles. The Morgan fingerprint density at radius 3 is 1.90 bits per heavy atom. The first-order chi connectivity index (χ1) is 10.2. The van der Waals surface area contributed by atoms with Crippen molar-refractivity contribution >= 4 is 5.84 Å². The third-order valence-electron chi connectivity index (χ3n) is 4.61. The fraction of sp³-hybridized carbons (Fsp3) is 0.316. The zero-order valence-electron chi connectivity index (χ0n) is 12.5. The lowest BCUT2D eigenvalue weighted by atomic mass is 9.70. The zero-order chi connectivity index (χ0) is 14.7. The van der Waals surface area contributed by atoms with Crippen LogP contribution in [0.3, 0.4) is 0 Å². The second-order valence-electron chi connectivity index (χ2n) is 5.86. The monoisotopic (exact) mass is 278 g/mol. The number of benzene rings is 2. The molecule has 1 heterocycles. The molecule has 1 aliphatic rings. The molecule has 0 aliphatic carbocycles. The molecule has 0 amide bonds. The largest absolute Gasteiger partial charge is 0.363 e. The van der Waals surface area contributed by atoms with Crippen LogP contribution in [0.25, 0.3) is 0 Å². The summed E-state index contributed by atoms with van der Waals surface area (Å²) >= 11 is 0. The van der Waals surface area contributed by atoms with Crippen molar-refractivity contribution in [3.8, 4) is 0 Å². The number of likely N-dealkylation sites (N-methyl/N-ethyl adjacent to an activating group) is 1. The van der Waals surface area contributed by atoms with E-state index in [4.69, 9.17) is 5.41 Å². The molecule has 3 rings (SSSR count). The zero-order valence-corrected chi connectivity index (χ0v) is 12.5. The summed E-state index contributed by atoms with van der Waals surface area (Å²) in [4.78, 5) is 2.12.